The first kappa shape index (κ1) is 15.8. The number of carbonyl (C=O) groups is 2. The molecule has 0 spiro atoms. The van der Waals surface area contributed by atoms with Crippen LogP contribution in [0.1, 0.15) is 39.6 Å². The fourth-order valence-corrected chi connectivity index (χ4v) is 1.95. The third-order valence-corrected chi connectivity index (χ3v) is 3.25. The third-order valence-electron chi connectivity index (χ3n) is 3.25. The lowest BCUT2D eigenvalue weighted by Crippen LogP contribution is -2.23. The number of rotatable bonds is 5. The molecule has 2 amide bonds. The van der Waals surface area contributed by atoms with E-state index < -0.39 is 0 Å². The molecule has 4 nitrogen and oxygen atoms in total. The Labute approximate surface area is 130 Å². The van der Waals surface area contributed by atoms with E-state index in [1.54, 1.807) is 36.4 Å². The fraction of sp³-hybridized carbons (Fsp3) is 0.222. The van der Waals surface area contributed by atoms with E-state index in [4.69, 9.17) is 0 Å². The van der Waals surface area contributed by atoms with E-state index in [-0.39, 0.29) is 11.8 Å². The first-order chi connectivity index (χ1) is 10.6. The van der Waals surface area contributed by atoms with Crippen molar-refractivity contribution in [2.24, 2.45) is 0 Å². The average Bonchev–Trinajstić information content (AvgIpc) is 2.54. The van der Waals surface area contributed by atoms with Crippen LogP contribution in [-0.2, 0) is 0 Å². The molecule has 0 bridgehead atoms. The molecule has 0 aliphatic heterocycles. The van der Waals surface area contributed by atoms with Gasteiger partial charge >= 0.3 is 0 Å². The van der Waals surface area contributed by atoms with Gasteiger partial charge in [0.2, 0.25) is 0 Å². The Morgan fingerprint density at radius 1 is 0.864 bits per heavy atom. The van der Waals surface area contributed by atoms with Crippen molar-refractivity contribution in [3.05, 3.63) is 65.2 Å². The summed E-state index contributed by atoms with van der Waals surface area (Å²) >= 11 is 0. The van der Waals surface area contributed by atoms with E-state index in [2.05, 4.69) is 10.6 Å². The van der Waals surface area contributed by atoms with E-state index in [0.29, 0.717) is 23.4 Å². The summed E-state index contributed by atoms with van der Waals surface area (Å²) in [6.07, 6.45) is 0.899. The molecule has 0 aliphatic rings. The minimum absolute atomic E-state index is 0.0988. The number of anilines is 1. The lowest BCUT2D eigenvalue weighted by Gasteiger charge is -2.07. The summed E-state index contributed by atoms with van der Waals surface area (Å²) in [6, 6.07) is 14.2. The van der Waals surface area contributed by atoms with Gasteiger partial charge < -0.3 is 10.6 Å². The Morgan fingerprint density at radius 3 is 2.00 bits per heavy atom. The molecule has 2 rings (SSSR count). The minimum Gasteiger partial charge on any atom is -0.352 e. The van der Waals surface area contributed by atoms with Crippen LogP contribution in [0.5, 0.6) is 0 Å². The number of benzene rings is 2. The van der Waals surface area contributed by atoms with Gasteiger partial charge in [0.1, 0.15) is 0 Å². The SMILES string of the molecule is CCCNC(=O)c1ccc(NC(=O)c2ccc(C)cc2)cc1. The molecule has 0 fully saturated rings. The molecule has 114 valence electrons. The molecule has 2 aromatic carbocycles. The topological polar surface area (TPSA) is 58.2 Å². The van der Waals surface area contributed by atoms with Crippen LogP contribution in [0.25, 0.3) is 0 Å². The highest BCUT2D eigenvalue weighted by molar-refractivity contribution is 6.04. The van der Waals surface area contributed by atoms with Gasteiger partial charge in [0.05, 0.1) is 0 Å². The number of hydrogen-bond acceptors (Lipinski definition) is 2. The van der Waals surface area contributed by atoms with Crippen LogP contribution in [0.3, 0.4) is 0 Å². The molecular formula is C18H20N2O2. The van der Waals surface area contributed by atoms with Gasteiger partial charge in [-0.15, -0.1) is 0 Å². The number of nitrogens with one attached hydrogen (secondary N) is 2. The zero-order chi connectivity index (χ0) is 15.9. The van der Waals surface area contributed by atoms with Crippen LogP contribution in [0, 0.1) is 6.92 Å². The van der Waals surface area contributed by atoms with Crippen molar-refractivity contribution in [2.45, 2.75) is 20.3 Å². The molecule has 0 unspecified atom stereocenters. The monoisotopic (exact) mass is 296 g/mol. The molecule has 22 heavy (non-hydrogen) atoms. The van der Waals surface area contributed by atoms with E-state index >= 15 is 0 Å². The zero-order valence-electron chi connectivity index (χ0n) is 12.8. The normalized spacial score (nSPS) is 10.1. The van der Waals surface area contributed by atoms with Gasteiger partial charge in [-0.25, -0.2) is 0 Å². The first-order valence-electron chi connectivity index (χ1n) is 7.36. The molecule has 4 heteroatoms. The van der Waals surface area contributed by atoms with Gasteiger partial charge in [-0.2, -0.15) is 0 Å². The fourth-order valence-electron chi connectivity index (χ4n) is 1.95. The van der Waals surface area contributed by atoms with Gasteiger partial charge in [-0.05, 0) is 49.7 Å². The highest BCUT2D eigenvalue weighted by Crippen LogP contribution is 2.12. The quantitative estimate of drug-likeness (QED) is 0.888. The largest absolute Gasteiger partial charge is 0.352 e. The Kier molecular flexibility index (Phi) is 5.31. The minimum atomic E-state index is -0.164. The van der Waals surface area contributed by atoms with E-state index in [1.165, 1.54) is 0 Å². The molecule has 0 aliphatic carbocycles. The molecular weight excluding hydrogens is 276 g/mol. The summed E-state index contributed by atoms with van der Waals surface area (Å²) in [5, 5.41) is 5.63. The van der Waals surface area contributed by atoms with Crippen molar-refractivity contribution in [1.29, 1.82) is 0 Å². The summed E-state index contributed by atoms with van der Waals surface area (Å²) in [7, 11) is 0. The molecule has 0 atom stereocenters. The van der Waals surface area contributed by atoms with Crippen molar-refractivity contribution in [3.8, 4) is 0 Å². The van der Waals surface area contributed by atoms with Crippen molar-refractivity contribution in [2.75, 3.05) is 11.9 Å². The van der Waals surface area contributed by atoms with E-state index in [9.17, 15) is 9.59 Å². The number of amides is 2. The highest BCUT2D eigenvalue weighted by atomic mass is 16.2. The molecule has 2 N–H and O–H groups in total. The van der Waals surface area contributed by atoms with E-state index in [1.807, 2.05) is 26.0 Å². The van der Waals surface area contributed by atoms with Crippen LogP contribution >= 0.6 is 0 Å². The summed E-state index contributed by atoms with van der Waals surface area (Å²) in [6.45, 7) is 4.64. The van der Waals surface area contributed by atoms with Crippen molar-refractivity contribution >= 4 is 17.5 Å². The Morgan fingerprint density at radius 2 is 1.41 bits per heavy atom. The van der Waals surface area contributed by atoms with E-state index in [0.717, 1.165) is 12.0 Å². The summed E-state index contributed by atoms with van der Waals surface area (Å²) in [4.78, 5) is 23.9. The van der Waals surface area contributed by atoms with Crippen molar-refractivity contribution in [1.82, 2.24) is 5.32 Å². The first-order valence-corrected chi connectivity index (χ1v) is 7.36. The predicted octanol–water partition coefficient (Wildman–Crippen LogP) is 3.39. The lowest BCUT2D eigenvalue weighted by molar-refractivity contribution is 0.0953. The van der Waals surface area contributed by atoms with Crippen LogP contribution in [-0.4, -0.2) is 18.4 Å². The molecule has 0 saturated carbocycles. The average molecular weight is 296 g/mol. The number of carbonyl (C=O) groups excluding carboxylic acids is 2. The maximum absolute atomic E-state index is 12.1. The van der Waals surface area contributed by atoms with Gasteiger partial charge in [-0.3, -0.25) is 9.59 Å². The van der Waals surface area contributed by atoms with Crippen molar-refractivity contribution in [3.63, 3.8) is 0 Å². The Balaban J connectivity index is 2.00. The summed E-state index contributed by atoms with van der Waals surface area (Å²) in [5.41, 5.74) is 2.97. The second-order valence-electron chi connectivity index (χ2n) is 5.15. The standard InChI is InChI=1S/C18H20N2O2/c1-3-12-19-17(21)14-8-10-16(11-9-14)20-18(22)15-6-4-13(2)5-7-15/h4-11H,3,12H2,1-2H3,(H,19,21)(H,20,22). The molecule has 0 radical (unpaired) electrons. The van der Waals surface area contributed by atoms with Crippen LogP contribution < -0.4 is 10.6 Å². The number of aryl methyl sites for hydroxylation is 1. The third kappa shape index (κ3) is 4.19. The second-order valence-corrected chi connectivity index (χ2v) is 5.15. The molecule has 0 saturated heterocycles. The maximum Gasteiger partial charge on any atom is 0.255 e. The van der Waals surface area contributed by atoms with Gasteiger partial charge in [0, 0.05) is 23.4 Å². The molecule has 2 aromatic rings. The highest BCUT2D eigenvalue weighted by Gasteiger charge is 2.07. The second kappa shape index (κ2) is 7.41. The smallest absolute Gasteiger partial charge is 0.255 e. The lowest BCUT2D eigenvalue weighted by atomic mass is 10.1. The predicted molar refractivity (Wildman–Crippen MR) is 88.2 cm³/mol. The Bertz CT molecular complexity index is 646. The van der Waals surface area contributed by atoms with Crippen LogP contribution in [0.2, 0.25) is 0 Å². The van der Waals surface area contributed by atoms with Gasteiger partial charge in [0.25, 0.3) is 11.8 Å². The Hall–Kier alpha value is -2.62. The van der Waals surface area contributed by atoms with Crippen molar-refractivity contribution < 1.29 is 9.59 Å². The van der Waals surface area contributed by atoms with Gasteiger partial charge in [-0.1, -0.05) is 24.6 Å². The summed E-state index contributed by atoms with van der Waals surface area (Å²) in [5.74, 6) is -0.263. The van der Waals surface area contributed by atoms with Crippen LogP contribution in [0.15, 0.2) is 48.5 Å². The number of hydrogen-bond donors (Lipinski definition) is 2. The summed E-state index contributed by atoms with van der Waals surface area (Å²) < 4.78 is 0. The molecule has 0 heterocycles. The maximum atomic E-state index is 12.1. The van der Waals surface area contributed by atoms with Gasteiger partial charge in [0.15, 0.2) is 0 Å². The zero-order valence-corrected chi connectivity index (χ0v) is 12.8. The molecule has 0 aromatic heterocycles. The van der Waals surface area contributed by atoms with Crippen LogP contribution in [0.4, 0.5) is 5.69 Å².